The number of halogens is 1. The highest BCUT2D eigenvalue weighted by molar-refractivity contribution is 6.31. The lowest BCUT2D eigenvalue weighted by molar-refractivity contribution is 0.189. The van der Waals surface area contributed by atoms with E-state index in [0.717, 1.165) is 23.2 Å². The molecule has 1 aromatic carbocycles. The molecule has 1 N–H and O–H groups in total. The number of rotatable bonds is 6. The SMILES string of the molecule is Cc1cnc(-c2ccnc(C(C)O)n2)cc1-n1c(C)cc(C(C)Cc2ccccc2)c(Cl)c1=O. The van der Waals surface area contributed by atoms with Crippen LogP contribution in [0.25, 0.3) is 17.1 Å². The van der Waals surface area contributed by atoms with Crippen LogP contribution >= 0.6 is 11.6 Å². The first-order valence-corrected chi connectivity index (χ1v) is 11.6. The molecule has 6 nitrogen and oxygen atoms in total. The van der Waals surface area contributed by atoms with Crippen molar-refractivity contribution in [1.29, 1.82) is 0 Å². The van der Waals surface area contributed by atoms with Gasteiger partial charge in [-0.05, 0) is 68.0 Å². The molecule has 3 aromatic heterocycles. The molecule has 3 heterocycles. The van der Waals surface area contributed by atoms with Gasteiger partial charge in [-0.1, -0.05) is 48.9 Å². The molecule has 0 aliphatic heterocycles. The van der Waals surface area contributed by atoms with Crippen molar-refractivity contribution in [2.75, 3.05) is 0 Å². The van der Waals surface area contributed by atoms with Gasteiger partial charge in [-0.2, -0.15) is 0 Å². The Morgan fingerprint density at radius 2 is 1.76 bits per heavy atom. The van der Waals surface area contributed by atoms with E-state index >= 15 is 0 Å². The Labute approximate surface area is 204 Å². The summed E-state index contributed by atoms with van der Waals surface area (Å²) in [6.07, 6.45) is 3.30. The van der Waals surface area contributed by atoms with Crippen molar-refractivity contribution in [3.8, 4) is 17.1 Å². The van der Waals surface area contributed by atoms with Gasteiger partial charge < -0.3 is 5.11 Å². The summed E-state index contributed by atoms with van der Waals surface area (Å²) in [5.74, 6) is 0.402. The van der Waals surface area contributed by atoms with E-state index < -0.39 is 6.10 Å². The summed E-state index contributed by atoms with van der Waals surface area (Å²) >= 11 is 6.65. The summed E-state index contributed by atoms with van der Waals surface area (Å²) in [6.45, 7) is 7.51. The Hall–Kier alpha value is -3.35. The van der Waals surface area contributed by atoms with Gasteiger partial charge in [-0.3, -0.25) is 14.3 Å². The zero-order chi connectivity index (χ0) is 24.4. The number of hydrogen-bond donors (Lipinski definition) is 1. The first-order valence-electron chi connectivity index (χ1n) is 11.2. The van der Waals surface area contributed by atoms with Gasteiger partial charge in [0.05, 0.1) is 17.1 Å². The molecule has 0 bridgehead atoms. The van der Waals surface area contributed by atoms with Crippen LogP contribution in [0.4, 0.5) is 0 Å². The average molecular weight is 475 g/mol. The third kappa shape index (κ3) is 4.79. The summed E-state index contributed by atoms with van der Waals surface area (Å²) in [6, 6.07) is 15.7. The Morgan fingerprint density at radius 1 is 1.03 bits per heavy atom. The van der Waals surface area contributed by atoms with Crippen molar-refractivity contribution >= 4 is 11.6 Å². The van der Waals surface area contributed by atoms with E-state index in [2.05, 4.69) is 34.0 Å². The van der Waals surface area contributed by atoms with E-state index in [0.29, 0.717) is 22.9 Å². The van der Waals surface area contributed by atoms with E-state index in [-0.39, 0.29) is 16.5 Å². The lowest BCUT2D eigenvalue weighted by atomic mass is 9.93. The van der Waals surface area contributed by atoms with Crippen LogP contribution < -0.4 is 5.56 Å². The van der Waals surface area contributed by atoms with Gasteiger partial charge in [0.2, 0.25) is 0 Å². The van der Waals surface area contributed by atoms with Gasteiger partial charge >= 0.3 is 0 Å². The maximum atomic E-state index is 13.5. The number of aliphatic hydroxyl groups excluding tert-OH is 1. The molecular weight excluding hydrogens is 448 g/mol. The molecule has 4 rings (SSSR count). The Bertz CT molecular complexity index is 1380. The van der Waals surface area contributed by atoms with Crippen LogP contribution in [-0.2, 0) is 6.42 Å². The fraction of sp³-hybridized carbons (Fsp3) is 0.259. The van der Waals surface area contributed by atoms with Crippen LogP contribution in [0.3, 0.4) is 0 Å². The first kappa shape index (κ1) is 23.8. The largest absolute Gasteiger partial charge is 0.385 e. The van der Waals surface area contributed by atoms with Crippen molar-refractivity contribution in [1.82, 2.24) is 19.5 Å². The molecule has 0 aliphatic rings. The topological polar surface area (TPSA) is 80.9 Å². The average Bonchev–Trinajstić information content (AvgIpc) is 2.83. The summed E-state index contributed by atoms with van der Waals surface area (Å²) in [4.78, 5) is 26.5. The molecule has 0 spiro atoms. The number of aryl methyl sites for hydroxylation is 2. The second-order valence-electron chi connectivity index (χ2n) is 8.62. The molecule has 0 aliphatic carbocycles. The fourth-order valence-electron chi connectivity index (χ4n) is 4.08. The van der Waals surface area contributed by atoms with Crippen LogP contribution in [0.5, 0.6) is 0 Å². The smallest absolute Gasteiger partial charge is 0.274 e. The number of benzene rings is 1. The summed E-state index contributed by atoms with van der Waals surface area (Å²) < 4.78 is 1.62. The van der Waals surface area contributed by atoms with E-state index in [1.807, 2.05) is 44.2 Å². The molecule has 0 amide bonds. The van der Waals surface area contributed by atoms with Gasteiger partial charge in [0.25, 0.3) is 5.56 Å². The minimum Gasteiger partial charge on any atom is -0.385 e. The standard InChI is InChI=1S/C27H27ClN4O2/c1-16(12-20-8-6-5-7-9-20)21-13-18(3)32(27(34)25(21)28)24-14-23(30-15-17(24)2)22-10-11-29-26(31-22)19(4)33/h5-11,13-16,19,33H,12H2,1-4H3. The molecule has 0 saturated carbocycles. The molecule has 0 fully saturated rings. The Kier molecular flexibility index (Phi) is 6.91. The molecular formula is C27H27ClN4O2. The van der Waals surface area contributed by atoms with E-state index in [4.69, 9.17) is 11.6 Å². The van der Waals surface area contributed by atoms with Gasteiger partial charge in [-0.15, -0.1) is 0 Å². The number of hydrogen-bond acceptors (Lipinski definition) is 5. The highest BCUT2D eigenvalue weighted by atomic mass is 35.5. The Balaban J connectivity index is 1.77. The van der Waals surface area contributed by atoms with Crippen LogP contribution in [0.1, 0.15) is 54.1 Å². The molecule has 0 saturated heterocycles. The van der Waals surface area contributed by atoms with Crippen molar-refractivity contribution in [2.45, 2.75) is 46.1 Å². The molecule has 7 heteroatoms. The maximum Gasteiger partial charge on any atom is 0.274 e. The highest BCUT2D eigenvalue weighted by Gasteiger charge is 2.19. The molecule has 34 heavy (non-hydrogen) atoms. The van der Waals surface area contributed by atoms with Gasteiger partial charge in [0.15, 0.2) is 5.82 Å². The van der Waals surface area contributed by atoms with Crippen LogP contribution in [0.2, 0.25) is 5.02 Å². The fourth-order valence-corrected chi connectivity index (χ4v) is 4.41. The monoisotopic (exact) mass is 474 g/mol. The zero-order valence-electron chi connectivity index (χ0n) is 19.7. The summed E-state index contributed by atoms with van der Waals surface area (Å²) in [5.41, 5.74) is 5.23. The summed E-state index contributed by atoms with van der Waals surface area (Å²) in [7, 11) is 0. The Morgan fingerprint density at radius 3 is 2.47 bits per heavy atom. The molecule has 2 unspecified atom stereocenters. The zero-order valence-corrected chi connectivity index (χ0v) is 20.4. The summed E-state index contributed by atoms with van der Waals surface area (Å²) in [5, 5.41) is 10.1. The maximum absolute atomic E-state index is 13.5. The minimum absolute atomic E-state index is 0.0879. The lowest BCUT2D eigenvalue weighted by Gasteiger charge is -2.19. The van der Waals surface area contributed by atoms with E-state index in [1.165, 1.54) is 5.56 Å². The normalized spacial score (nSPS) is 13.0. The molecule has 174 valence electrons. The van der Waals surface area contributed by atoms with Crippen molar-refractivity contribution in [2.24, 2.45) is 0 Å². The number of pyridine rings is 2. The van der Waals surface area contributed by atoms with Crippen LogP contribution in [0, 0.1) is 13.8 Å². The van der Waals surface area contributed by atoms with E-state index in [1.54, 1.807) is 30.0 Å². The number of nitrogens with zero attached hydrogens (tertiary/aromatic N) is 4. The van der Waals surface area contributed by atoms with Crippen LogP contribution in [-0.4, -0.2) is 24.6 Å². The molecule has 4 aromatic rings. The number of aliphatic hydroxyl groups is 1. The predicted molar refractivity (Wildman–Crippen MR) is 135 cm³/mol. The van der Waals surface area contributed by atoms with Crippen LogP contribution in [0.15, 0.2) is 65.7 Å². The van der Waals surface area contributed by atoms with Gasteiger partial charge in [-0.25, -0.2) is 9.97 Å². The number of aromatic nitrogens is 4. The van der Waals surface area contributed by atoms with Crippen molar-refractivity contribution in [3.05, 3.63) is 105 Å². The lowest BCUT2D eigenvalue weighted by Crippen LogP contribution is -2.24. The second kappa shape index (κ2) is 9.87. The predicted octanol–water partition coefficient (Wildman–Crippen LogP) is 5.36. The quantitative estimate of drug-likeness (QED) is 0.407. The van der Waals surface area contributed by atoms with Crippen molar-refractivity contribution in [3.63, 3.8) is 0 Å². The third-order valence-electron chi connectivity index (χ3n) is 5.90. The van der Waals surface area contributed by atoms with Crippen molar-refractivity contribution < 1.29 is 5.11 Å². The second-order valence-corrected chi connectivity index (χ2v) is 9.00. The van der Waals surface area contributed by atoms with E-state index in [9.17, 15) is 9.90 Å². The van der Waals surface area contributed by atoms with Gasteiger partial charge in [0, 0.05) is 18.1 Å². The first-order chi connectivity index (χ1) is 16.3. The molecule has 0 radical (unpaired) electrons. The molecule has 2 atom stereocenters. The third-order valence-corrected chi connectivity index (χ3v) is 6.28. The minimum atomic E-state index is -0.793. The highest BCUT2D eigenvalue weighted by Crippen LogP contribution is 2.28. The van der Waals surface area contributed by atoms with Gasteiger partial charge in [0.1, 0.15) is 11.1 Å².